The average molecular weight is 375 g/mol. The average Bonchev–Trinajstić information content (AvgIpc) is 3.20. The van der Waals surface area contributed by atoms with E-state index in [1.54, 1.807) is 30.3 Å². The summed E-state index contributed by atoms with van der Waals surface area (Å²) < 4.78 is 15.7. The van der Waals surface area contributed by atoms with Crippen LogP contribution >= 0.6 is 0 Å². The first-order valence-electron chi connectivity index (χ1n) is 8.29. The number of rotatable bonds is 8. The van der Waals surface area contributed by atoms with Crippen molar-refractivity contribution in [3.63, 3.8) is 0 Å². The number of ether oxygens (including phenoxy) is 2. The summed E-state index contributed by atoms with van der Waals surface area (Å²) in [5.74, 6) is -0.409. The number of nitrogens with one attached hydrogen (secondary N) is 3. The van der Waals surface area contributed by atoms with E-state index in [2.05, 4.69) is 16.2 Å². The number of carbonyl (C=O) groups excluding carboxylic acids is 3. The SMILES string of the molecule is CCOc1ccc(O[C@@H](C)C(=O)NNC(=O)CNC(=O)c2ccco2)cc1. The summed E-state index contributed by atoms with van der Waals surface area (Å²) in [6.45, 7) is 3.65. The van der Waals surface area contributed by atoms with Crippen LogP contribution in [0, 0.1) is 0 Å². The van der Waals surface area contributed by atoms with E-state index in [9.17, 15) is 14.4 Å². The van der Waals surface area contributed by atoms with Crippen molar-refractivity contribution in [3.05, 3.63) is 48.4 Å². The van der Waals surface area contributed by atoms with Gasteiger partial charge in [0.15, 0.2) is 11.9 Å². The molecule has 0 aliphatic heterocycles. The zero-order valence-electron chi connectivity index (χ0n) is 15.0. The maximum Gasteiger partial charge on any atom is 0.287 e. The van der Waals surface area contributed by atoms with Gasteiger partial charge in [-0.15, -0.1) is 0 Å². The monoisotopic (exact) mass is 375 g/mol. The van der Waals surface area contributed by atoms with Crippen molar-refractivity contribution < 1.29 is 28.3 Å². The second-order valence-corrected chi connectivity index (χ2v) is 5.36. The zero-order valence-corrected chi connectivity index (χ0v) is 15.0. The van der Waals surface area contributed by atoms with Gasteiger partial charge in [0.05, 0.1) is 19.4 Å². The summed E-state index contributed by atoms with van der Waals surface area (Å²) >= 11 is 0. The van der Waals surface area contributed by atoms with Gasteiger partial charge in [-0.3, -0.25) is 25.2 Å². The smallest absolute Gasteiger partial charge is 0.287 e. The molecule has 0 bridgehead atoms. The molecule has 144 valence electrons. The highest BCUT2D eigenvalue weighted by Gasteiger charge is 2.16. The fourth-order valence-electron chi connectivity index (χ4n) is 1.97. The Morgan fingerprint density at radius 2 is 1.78 bits per heavy atom. The van der Waals surface area contributed by atoms with E-state index >= 15 is 0 Å². The van der Waals surface area contributed by atoms with Crippen LogP contribution in [0.1, 0.15) is 24.4 Å². The van der Waals surface area contributed by atoms with E-state index in [1.807, 2.05) is 6.92 Å². The standard InChI is InChI=1S/C18H21N3O6/c1-3-25-13-6-8-14(9-7-13)27-12(2)17(23)21-20-16(22)11-19-18(24)15-5-4-10-26-15/h4-10,12H,3,11H2,1-2H3,(H,19,24)(H,20,22)(H,21,23)/t12-/m0/s1. The van der Waals surface area contributed by atoms with Crippen LogP contribution in [0.25, 0.3) is 0 Å². The normalized spacial score (nSPS) is 11.2. The van der Waals surface area contributed by atoms with Crippen LogP contribution in [0.15, 0.2) is 47.1 Å². The van der Waals surface area contributed by atoms with Gasteiger partial charge < -0.3 is 19.2 Å². The van der Waals surface area contributed by atoms with Crippen molar-refractivity contribution in [2.75, 3.05) is 13.2 Å². The zero-order chi connectivity index (χ0) is 19.6. The van der Waals surface area contributed by atoms with Crippen molar-refractivity contribution in [2.45, 2.75) is 20.0 Å². The lowest BCUT2D eigenvalue weighted by molar-refractivity contribution is -0.132. The van der Waals surface area contributed by atoms with E-state index in [0.717, 1.165) is 0 Å². The van der Waals surface area contributed by atoms with E-state index in [1.165, 1.54) is 19.3 Å². The summed E-state index contributed by atoms with van der Waals surface area (Å²) in [6, 6.07) is 9.84. The molecule has 9 nitrogen and oxygen atoms in total. The maximum atomic E-state index is 12.0. The molecule has 0 saturated carbocycles. The molecule has 0 spiro atoms. The number of hydrogen-bond acceptors (Lipinski definition) is 6. The third-order valence-electron chi connectivity index (χ3n) is 3.30. The molecule has 1 aromatic carbocycles. The Morgan fingerprint density at radius 3 is 2.41 bits per heavy atom. The summed E-state index contributed by atoms with van der Waals surface area (Å²) in [4.78, 5) is 35.3. The molecule has 0 fully saturated rings. The molecule has 1 aromatic heterocycles. The Hall–Kier alpha value is -3.49. The van der Waals surface area contributed by atoms with Gasteiger partial charge in [0, 0.05) is 0 Å². The highest BCUT2D eigenvalue weighted by atomic mass is 16.5. The van der Waals surface area contributed by atoms with Gasteiger partial charge in [-0.25, -0.2) is 0 Å². The lowest BCUT2D eigenvalue weighted by Crippen LogP contribution is -2.50. The Bertz CT molecular complexity index is 758. The van der Waals surface area contributed by atoms with E-state index in [0.29, 0.717) is 18.1 Å². The van der Waals surface area contributed by atoms with Crippen LogP contribution in [0.3, 0.4) is 0 Å². The quantitative estimate of drug-likeness (QED) is 0.593. The molecule has 0 saturated heterocycles. The van der Waals surface area contributed by atoms with Gasteiger partial charge in [0.1, 0.15) is 11.5 Å². The van der Waals surface area contributed by atoms with Gasteiger partial charge >= 0.3 is 0 Å². The van der Waals surface area contributed by atoms with Crippen LogP contribution < -0.4 is 25.6 Å². The fourth-order valence-corrected chi connectivity index (χ4v) is 1.97. The van der Waals surface area contributed by atoms with Crippen LogP contribution in [0.4, 0.5) is 0 Å². The minimum Gasteiger partial charge on any atom is -0.494 e. The van der Waals surface area contributed by atoms with Gasteiger partial charge in [-0.2, -0.15) is 0 Å². The van der Waals surface area contributed by atoms with Crippen molar-refractivity contribution in [1.82, 2.24) is 16.2 Å². The third kappa shape index (κ3) is 6.38. The molecule has 0 unspecified atom stereocenters. The molecule has 1 heterocycles. The largest absolute Gasteiger partial charge is 0.494 e. The molecule has 2 rings (SSSR count). The first-order valence-corrected chi connectivity index (χ1v) is 8.29. The molecule has 1 atom stereocenters. The van der Waals surface area contributed by atoms with Gasteiger partial charge in [0.25, 0.3) is 17.7 Å². The molecule has 0 radical (unpaired) electrons. The van der Waals surface area contributed by atoms with Crippen LogP contribution in [0.5, 0.6) is 11.5 Å². The molecule has 3 amide bonds. The third-order valence-corrected chi connectivity index (χ3v) is 3.30. The van der Waals surface area contributed by atoms with Crippen molar-refractivity contribution in [2.24, 2.45) is 0 Å². The van der Waals surface area contributed by atoms with Gasteiger partial charge in [-0.05, 0) is 50.2 Å². The van der Waals surface area contributed by atoms with Gasteiger partial charge in [0.2, 0.25) is 0 Å². The topological polar surface area (TPSA) is 119 Å². The molecular formula is C18H21N3O6. The van der Waals surface area contributed by atoms with Crippen LogP contribution in [0.2, 0.25) is 0 Å². The van der Waals surface area contributed by atoms with Gasteiger partial charge in [-0.1, -0.05) is 0 Å². The Balaban J connectivity index is 1.70. The Labute approximate surface area is 156 Å². The summed E-state index contributed by atoms with van der Waals surface area (Å²) in [7, 11) is 0. The number of hydrazine groups is 1. The second-order valence-electron chi connectivity index (χ2n) is 5.36. The van der Waals surface area contributed by atoms with E-state index in [-0.39, 0.29) is 12.3 Å². The molecule has 0 aliphatic rings. The second kappa shape index (κ2) is 9.85. The molecule has 0 aliphatic carbocycles. The van der Waals surface area contributed by atoms with Crippen LogP contribution in [-0.4, -0.2) is 37.0 Å². The Morgan fingerprint density at radius 1 is 1.07 bits per heavy atom. The Kier molecular flexibility index (Phi) is 7.24. The lowest BCUT2D eigenvalue weighted by atomic mass is 10.3. The maximum absolute atomic E-state index is 12.0. The summed E-state index contributed by atoms with van der Waals surface area (Å²) in [5, 5.41) is 2.35. The van der Waals surface area contributed by atoms with E-state index < -0.39 is 23.8 Å². The predicted octanol–water partition coefficient (Wildman–Crippen LogP) is 1.02. The van der Waals surface area contributed by atoms with E-state index in [4.69, 9.17) is 13.9 Å². The highest BCUT2D eigenvalue weighted by Crippen LogP contribution is 2.18. The number of carbonyl (C=O) groups is 3. The molecule has 2 aromatic rings. The lowest BCUT2D eigenvalue weighted by Gasteiger charge is -2.15. The number of hydrogen-bond donors (Lipinski definition) is 3. The molecule has 27 heavy (non-hydrogen) atoms. The minimum absolute atomic E-state index is 0.0872. The van der Waals surface area contributed by atoms with Crippen molar-refractivity contribution in [3.8, 4) is 11.5 Å². The number of amides is 3. The minimum atomic E-state index is -0.846. The van der Waals surface area contributed by atoms with Crippen molar-refractivity contribution >= 4 is 17.7 Å². The number of benzene rings is 1. The first kappa shape index (κ1) is 19.8. The summed E-state index contributed by atoms with van der Waals surface area (Å²) in [6.07, 6.45) is 0.502. The molecular weight excluding hydrogens is 354 g/mol. The number of furan rings is 1. The summed E-state index contributed by atoms with van der Waals surface area (Å²) in [5.41, 5.74) is 4.42. The molecule has 9 heteroatoms. The van der Waals surface area contributed by atoms with Crippen LogP contribution in [-0.2, 0) is 9.59 Å². The molecule has 3 N–H and O–H groups in total. The fraction of sp³-hybridized carbons (Fsp3) is 0.278. The first-order chi connectivity index (χ1) is 13.0. The predicted molar refractivity (Wildman–Crippen MR) is 95.0 cm³/mol. The highest BCUT2D eigenvalue weighted by molar-refractivity contribution is 5.94. The van der Waals surface area contributed by atoms with Crippen molar-refractivity contribution in [1.29, 1.82) is 0 Å².